The summed E-state index contributed by atoms with van der Waals surface area (Å²) < 4.78 is 0. The minimum atomic E-state index is 1.07. The van der Waals surface area contributed by atoms with Crippen LogP contribution in [-0.2, 0) is 0 Å². The van der Waals surface area contributed by atoms with E-state index in [0.717, 1.165) is 11.8 Å². The van der Waals surface area contributed by atoms with Gasteiger partial charge >= 0.3 is 0 Å². The van der Waals surface area contributed by atoms with Gasteiger partial charge in [0, 0.05) is 0 Å². The SMILES string of the molecule is [CH]1C[C@@H]2CCC[C@H]12. The fraction of sp³-hybridized carbons (Fsp3) is 0.857. The third kappa shape index (κ3) is 0.427. The molecule has 0 unspecified atom stereocenters. The zero-order valence-corrected chi connectivity index (χ0v) is 4.56. The monoisotopic (exact) mass is 95.1 g/mol. The average Bonchev–Trinajstić information content (AvgIpc) is 1.85. The maximum absolute atomic E-state index is 2.48. The van der Waals surface area contributed by atoms with Gasteiger partial charge in [-0.15, -0.1) is 0 Å². The maximum Gasteiger partial charge on any atom is -0.0349 e. The molecule has 0 aromatic heterocycles. The van der Waals surface area contributed by atoms with Crippen molar-refractivity contribution in [3.05, 3.63) is 6.42 Å². The van der Waals surface area contributed by atoms with Crippen LogP contribution < -0.4 is 0 Å². The van der Waals surface area contributed by atoms with Crippen LogP contribution in [-0.4, -0.2) is 0 Å². The van der Waals surface area contributed by atoms with Crippen molar-refractivity contribution in [3.63, 3.8) is 0 Å². The van der Waals surface area contributed by atoms with Crippen molar-refractivity contribution in [3.8, 4) is 0 Å². The van der Waals surface area contributed by atoms with Crippen molar-refractivity contribution in [1.29, 1.82) is 0 Å². The first-order chi connectivity index (χ1) is 3.47. The first-order valence-electron chi connectivity index (χ1n) is 3.30. The fourth-order valence-corrected chi connectivity index (χ4v) is 1.82. The molecule has 0 nitrogen and oxygen atoms in total. The molecule has 7 heavy (non-hydrogen) atoms. The van der Waals surface area contributed by atoms with Crippen LogP contribution in [0.15, 0.2) is 0 Å². The summed E-state index contributed by atoms with van der Waals surface area (Å²) in [5.41, 5.74) is 0. The Bertz CT molecular complexity index is 66.1. The van der Waals surface area contributed by atoms with E-state index in [1.807, 2.05) is 0 Å². The van der Waals surface area contributed by atoms with Crippen molar-refractivity contribution >= 4 is 0 Å². The van der Waals surface area contributed by atoms with Gasteiger partial charge in [-0.1, -0.05) is 12.8 Å². The smallest absolute Gasteiger partial charge is 0.0349 e. The van der Waals surface area contributed by atoms with Crippen molar-refractivity contribution in [2.75, 3.05) is 0 Å². The Labute approximate surface area is 44.9 Å². The molecular formula is C7H11. The van der Waals surface area contributed by atoms with Gasteiger partial charge in [-0.25, -0.2) is 0 Å². The van der Waals surface area contributed by atoms with Gasteiger partial charge in [-0.3, -0.25) is 0 Å². The molecule has 0 heteroatoms. The molecule has 0 saturated heterocycles. The van der Waals surface area contributed by atoms with E-state index < -0.39 is 0 Å². The van der Waals surface area contributed by atoms with Crippen molar-refractivity contribution in [2.24, 2.45) is 11.8 Å². The van der Waals surface area contributed by atoms with Crippen LogP contribution >= 0.6 is 0 Å². The summed E-state index contributed by atoms with van der Waals surface area (Å²) in [6, 6.07) is 0. The normalized spacial score (nSPS) is 48.0. The molecule has 2 rings (SSSR count). The number of rotatable bonds is 0. The second-order valence-electron chi connectivity index (χ2n) is 2.83. The van der Waals surface area contributed by atoms with Gasteiger partial charge in [-0.05, 0) is 31.1 Å². The van der Waals surface area contributed by atoms with E-state index in [1.54, 1.807) is 0 Å². The molecule has 0 spiro atoms. The Balaban J connectivity index is 2.03. The Morgan fingerprint density at radius 2 is 2.29 bits per heavy atom. The topological polar surface area (TPSA) is 0 Å². The molecule has 0 aliphatic heterocycles. The third-order valence-corrected chi connectivity index (χ3v) is 2.46. The van der Waals surface area contributed by atoms with Crippen LogP contribution in [0, 0.1) is 18.3 Å². The lowest BCUT2D eigenvalue weighted by Gasteiger charge is -2.29. The summed E-state index contributed by atoms with van der Waals surface area (Å²) in [6.45, 7) is 0. The minimum Gasteiger partial charge on any atom is -0.0527 e. The zero-order valence-electron chi connectivity index (χ0n) is 4.56. The largest absolute Gasteiger partial charge is 0.0527 e. The molecule has 0 aromatic carbocycles. The Hall–Kier alpha value is 0. The highest BCUT2D eigenvalue weighted by atomic mass is 14.4. The average molecular weight is 95.2 g/mol. The quantitative estimate of drug-likeness (QED) is 0.431. The Morgan fingerprint density at radius 1 is 1.29 bits per heavy atom. The summed E-state index contributed by atoms with van der Waals surface area (Å²) in [5, 5.41) is 0. The molecule has 2 aliphatic rings. The molecule has 2 fully saturated rings. The van der Waals surface area contributed by atoms with E-state index in [9.17, 15) is 0 Å². The lowest BCUT2D eigenvalue weighted by atomic mass is 9.77. The summed E-state index contributed by atoms with van der Waals surface area (Å²) in [5.74, 6) is 2.21. The number of fused-ring (bicyclic) bond motifs is 1. The van der Waals surface area contributed by atoms with E-state index in [4.69, 9.17) is 0 Å². The van der Waals surface area contributed by atoms with Crippen molar-refractivity contribution in [2.45, 2.75) is 25.7 Å². The van der Waals surface area contributed by atoms with E-state index in [1.165, 1.54) is 25.7 Å². The van der Waals surface area contributed by atoms with Crippen LogP contribution in [0.1, 0.15) is 25.7 Å². The summed E-state index contributed by atoms with van der Waals surface area (Å²) in [6.07, 6.45) is 8.46. The molecule has 1 radical (unpaired) electrons. The summed E-state index contributed by atoms with van der Waals surface area (Å²) >= 11 is 0. The predicted octanol–water partition coefficient (Wildman–Crippen LogP) is 2.01. The number of hydrogen-bond acceptors (Lipinski definition) is 0. The van der Waals surface area contributed by atoms with Gasteiger partial charge in [0.25, 0.3) is 0 Å². The molecule has 0 aromatic rings. The molecule has 0 amide bonds. The van der Waals surface area contributed by atoms with E-state index in [-0.39, 0.29) is 0 Å². The molecule has 2 saturated carbocycles. The second-order valence-corrected chi connectivity index (χ2v) is 2.83. The van der Waals surface area contributed by atoms with E-state index in [2.05, 4.69) is 6.42 Å². The first-order valence-corrected chi connectivity index (χ1v) is 3.30. The van der Waals surface area contributed by atoms with Gasteiger partial charge in [-0.2, -0.15) is 0 Å². The van der Waals surface area contributed by atoms with E-state index >= 15 is 0 Å². The molecular weight excluding hydrogens is 84.1 g/mol. The van der Waals surface area contributed by atoms with Crippen LogP contribution in [0.5, 0.6) is 0 Å². The Morgan fingerprint density at radius 3 is 2.57 bits per heavy atom. The maximum atomic E-state index is 2.48. The van der Waals surface area contributed by atoms with Crippen LogP contribution in [0.3, 0.4) is 0 Å². The van der Waals surface area contributed by atoms with Crippen LogP contribution in [0.25, 0.3) is 0 Å². The molecule has 2 atom stereocenters. The summed E-state index contributed by atoms with van der Waals surface area (Å²) in [4.78, 5) is 0. The summed E-state index contributed by atoms with van der Waals surface area (Å²) in [7, 11) is 0. The zero-order chi connectivity index (χ0) is 4.69. The van der Waals surface area contributed by atoms with Crippen LogP contribution in [0.4, 0.5) is 0 Å². The lowest BCUT2D eigenvalue weighted by Crippen LogP contribution is -2.19. The highest BCUT2D eigenvalue weighted by Gasteiger charge is 2.34. The predicted molar refractivity (Wildman–Crippen MR) is 29.7 cm³/mol. The van der Waals surface area contributed by atoms with Gasteiger partial charge in [0.1, 0.15) is 0 Å². The molecule has 0 N–H and O–H groups in total. The highest BCUT2D eigenvalue weighted by molar-refractivity contribution is 4.98. The Kier molecular flexibility index (Phi) is 0.697. The standard InChI is InChI=1S/C7H11/c1-2-6-4-5-7(6)3-1/h4,6-7H,1-3,5H2/t6-,7+/m1/s1. The minimum absolute atomic E-state index is 1.07. The molecule has 0 heterocycles. The van der Waals surface area contributed by atoms with Crippen molar-refractivity contribution in [1.82, 2.24) is 0 Å². The van der Waals surface area contributed by atoms with Gasteiger partial charge in [0.2, 0.25) is 0 Å². The van der Waals surface area contributed by atoms with Gasteiger partial charge in [0.15, 0.2) is 0 Å². The molecule has 2 aliphatic carbocycles. The lowest BCUT2D eigenvalue weighted by molar-refractivity contribution is 0.317. The van der Waals surface area contributed by atoms with Crippen LogP contribution in [0.2, 0.25) is 0 Å². The fourth-order valence-electron chi connectivity index (χ4n) is 1.82. The van der Waals surface area contributed by atoms with Crippen molar-refractivity contribution < 1.29 is 0 Å². The molecule has 39 valence electrons. The number of hydrogen-bond donors (Lipinski definition) is 0. The molecule has 0 bridgehead atoms. The van der Waals surface area contributed by atoms with E-state index in [0.29, 0.717) is 0 Å². The second kappa shape index (κ2) is 1.24. The van der Waals surface area contributed by atoms with Gasteiger partial charge < -0.3 is 0 Å². The third-order valence-electron chi connectivity index (χ3n) is 2.46. The van der Waals surface area contributed by atoms with Gasteiger partial charge in [0.05, 0.1) is 0 Å². The highest BCUT2D eigenvalue weighted by Crippen LogP contribution is 2.45. The first kappa shape index (κ1) is 3.94.